The summed E-state index contributed by atoms with van der Waals surface area (Å²) in [5, 5.41) is 20.7. The van der Waals surface area contributed by atoms with Crippen LogP contribution in [-0.4, -0.2) is 33.4 Å². The number of benzene rings is 1. The minimum absolute atomic E-state index is 0.0349. The maximum absolute atomic E-state index is 8.98. The Hall–Kier alpha value is -1.69. The van der Waals surface area contributed by atoms with Crippen molar-refractivity contribution in [1.82, 2.24) is 15.2 Å². The molecule has 3 aromatic rings. The Morgan fingerprint density at radius 1 is 1.30 bits per heavy atom. The highest BCUT2D eigenvalue weighted by atomic mass is 35.5. The van der Waals surface area contributed by atoms with Gasteiger partial charge in [0.15, 0.2) is 0 Å². The Bertz CT molecular complexity index is 736. The Morgan fingerprint density at radius 3 is 2.85 bits per heavy atom. The number of aromatic nitrogens is 3. The van der Waals surface area contributed by atoms with Crippen LogP contribution in [0.3, 0.4) is 0 Å². The van der Waals surface area contributed by atoms with Gasteiger partial charge < -0.3 is 15.4 Å². The molecule has 104 valence electrons. The molecule has 2 heterocycles. The predicted molar refractivity (Wildman–Crippen MR) is 81.5 cm³/mol. The van der Waals surface area contributed by atoms with Crippen molar-refractivity contribution >= 4 is 39.8 Å². The first-order chi connectivity index (χ1) is 9.72. The van der Waals surface area contributed by atoms with E-state index in [9.17, 15) is 0 Å². The molecule has 2 aromatic heterocycles. The molecule has 7 heteroatoms. The van der Waals surface area contributed by atoms with Crippen molar-refractivity contribution in [2.24, 2.45) is 0 Å². The third-order valence-electron chi connectivity index (χ3n) is 3.09. The summed E-state index contributed by atoms with van der Waals surface area (Å²) in [4.78, 5) is 3.14. The van der Waals surface area contributed by atoms with Crippen molar-refractivity contribution in [3.63, 3.8) is 0 Å². The molecule has 4 N–H and O–H groups in total. The summed E-state index contributed by atoms with van der Waals surface area (Å²) in [5.41, 5.74) is 3.49. The maximum atomic E-state index is 8.98. The lowest BCUT2D eigenvalue weighted by atomic mass is 10.1. The zero-order valence-corrected chi connectivity index (χ0v) is 11.9. The summed E-state index contributed by atoms with van der Waals surface area (Å²) in [7, 11) is 0. The number of fused-ring (bicyclic) bond motifs is 1. The average Bonchev–Trinajstić information content (AvgIpc) is 3.09. The number of rotatable bonds is 4. The number of aromatic amines is 2. The van der Waals surface area contributed by atoms with Crippen molar-refractivity contribution in [1.29, 1.82) is 0 Å². The average molecular weight is 311 g/mol. The van der Waals surface area contributed by atoms with Gasteiger partial charge in [-0.15, -0.1) is 0 Å². The summed E-state index contributed by atoms with van der Waals surface area (Å²) in [6.45, 7) is 0.469. The molecule has 5 nitrogen and oxygen atoms in total. The SMILES string of the molecule is OCCNc1cc(Cl)c(Cl)c2[nH]cc(-c3cn[nH]c3)c12. The smallest absolute Gasteiger partial charge is 0.0834 e. The summed E-state index contributed by atoms with van der Waals surface area (Å²) in [6, 6.07) is 1.76. The zero-order chi connectivity index (χ0) is 14.1. The van der Waals surface area contributed by atoms with Crippen molar-refractivity contribution in [3.05, 3.63) is 34.7 Å². The highest BCUT2D eigenvalue weighted by Gasteiger charge is 2.16. The van der Waals surface area contributed by atoms with Crippen LogP contribution in [0.5, 0.6) is 0 Å². The lowest BCUT2D eigenvalue weighted by Gasteiger charge is -2.10. The first-order valence-electron chi connectivity index (χ1n) is 6.05. The van der Waals surface area contributed by atoms with Gasteiger partial charge in [-0.05, 0) is 6.07 Å². The van der Waals surface area contributed by atoms with Gasteiger partial charge in [0.05, 0.1) is 28.4 Å². The van der Waals surface area contributed by atoms with Crippen LogP contribution >= 0.6 is 23.2 Å². The number of aliphatic hydroxyl groups is 1. The molecular formula is C13H12Cl2N4O. The normalized spacial score (nSPS) is 11.2. The lowest BCUT2D eigenvalue weighted by Crippen LogP contribution is -2.05. The summed E-state index contributed by atoms with van der Waals surface area (Å²) in [5.74, 6) is 0. The zero-order valence-electron chi connectivity index (χ0n) is 10.4. The topological polar surface area (TPSA) is 76.7 Å². The van der Waals surface area contributed by atoms with Gasteiger partial charge in [0.1, 0.15) is 0 Å². The van der Waals surface area contributed by atoms with Crippen LogP contribution in [0.4, 0.5) is 5.69 Å². The molecule has 0 aliphatic carbocycles. The van der Waals surface area contributed by atoms with Crippen molar-refractivity contribution in [2.45, 2.75) is 0 Å². The number of H-pyrrole nitrogens is 2. The van der Waals surface area contributed by atoms with Crippen molar-refractivity contribution in [2.75, 3.05) is 18.5 Å². The molecule has 0 saturated carbocycles. The van der Waals surface area contributed by atoms with Crippen LogP contribution in [0.1, 0.15) is 0 Å². The van der Waals surface area contributed by atoms with E-state index >= 15 is 0 Å². The predicted octanol–water partition coefficient (Wildman–Crippen LogP) is 3.27. The molecule has 0 atom stereocenters. The van der Waals surface area contributed by atoms with E-state index in [0.717, 1.165) is 27.7 Å². The summed E-state index contributed by atoms with van der Waals surface area (Å²) >= 11 is 12.4. The van der Waals surface area contributed by atoms with Crippen LogP contribution in [0.25, 0.3) is 22.0 Å². The first kappa shape index (κ1) is 13.3. The number of aliphatic hydroxyl groups excluding tert-OH is 1. The second-order valence-corrected chi connectivity index (χ2v) is 5.09. The monoisotopic (exact) mass is 310 g/mol. The molecule has 0 aliphatic heterocycles. The van der Waals surface area contributed by atoms with E-state index in [1.165, 1.54) is 0 Å². The van der Waals surface area contributed by atoms with Crippen LogP contribution in [0.2, 0.25) is 10.0 Å². The summed E-state index contributed by atoms with van der Waals surface area (Å²) < 4.78 is 0. The quantitative estimate of drug-likeness (QED) is 0.597. The number of hydrogen-bond donors (Lipinski definition) is 4. The fourth-order valence-corrected chi connectivity index (χ4v) is 2.62. The van der Waals surface area contributed by atoms with E-state index in [0.29, 0.717) is 16.6 Å². The molecule has 0 unspecified atom stereocenters. The second-order valence-electron chi connectivity index (χ2n) is 4.31. The Balaban J connectivity index is 2.25. The number of nitrogens with zero attached hydrogens (tertiary/aromatic N) is 1. The molecule has 0 spiro atoms. The summed E-state index contributed by atoms with van der Waals surface area (Å²) in [6.07, 6.45) is 5.41. The van der Waals surface area contributed by atoms with Crippen molar-refractivity contribution in [3.8, 4) is 11.1 Å². The van der Waals surface area contributed by atoms with Crippen LogP contribution in [0.15, 0.2) is 24.7 Å². The molecule has 0 radical (unpaired) electrons. The largest absolute Gasteiger partial charge is 0.395 e. The molecule has 20 heavy (non-hydrogen) atoms. The van der Waals surface area contributed by atoms with Crippen LogP contribution < -0.4 is 5.32 Å². The maximum Gasteiger partial charge on any atom is 0.0834 e. The molecule has 0 aliphatic rings. The van der Waals surface area contributed by atoms with E-state index < -0.39 is 0 Å². The Morgan fingerprint density at radius 2 is 2.15 bits per heavy atom. The van der Waals surface area contributed by atoms with E-state index in [1.807, 2.05) is 6.20 Å². The molecule has 0 bridgehead atoms. The van der Waals surface area contributed by atoms with Gasteiger partial charge >= 0.3 is 0 Å². The second kappa shape index (κ2) is 5.36. The molecular weight excluding hydrogens is 299 g/mol. The lowest BCUT2D eigenvalue weighted by molar-refractivity contribution is 0.311. The first-order valence-corrected chi connectivity index (χ1v) is 6.81. The molecule has 1 aromatic carbocycles. The van der Waals surface area contributed by atoms with Crippen LogP contribution in [0, 0.1) is 0 Å². The third kappa shape index (κ3) is 2.14. The standard InChI is InChI=1S/C13H12Cl2N4O/c14-9-3-10(16-1-2-20)11-8(7-4-18-19-5-7)6-17-13(11)12(9)15/h3-6,16-17,20H,1-2H2,(H,18,19). The minimum Gasteiger partial charge on any atom is -0.395 e. The van der Waals surface area contributed by atoms with Crippen molar-refractivity contribution < 1.29 is 5.11 Å². The minimum atomic E-state index is 0.0349. The molecule has 0 fully saturated rings. The highest BCUT2D eigenvalue weighted by molar-refractivity contribution is 6.46. The van der Waals surface area contributed by atoms with Gasteiger partial charge in [-0.2, -0.15) is 5.10 Å². The van der Waals surface area contributed by atoms with Gasteiger partial charge in [-0.3, -0.25) is 5.10 Å². The molecule has 0 amide bonds. The van der Waals surface area contributed by atoms with Crippen LogP contribution in [-0.2, 0) is 0 Å². The van der Waals surface area contributed by atoms with E-state index in [4.69, 9.17) is 28.3 Å². The molecule has 3 rings (SSSR count). The Kier molecular flexibility index (Phi) is 3.56. The highest BCUT2D eigenvalue weighted by Crippen LogP contribution is 2.40. The van der Waals surface area contributed by atoms with E-state index in [1.54, 1.807) is 18.5 Å². The van der Waals surface area contributed by atoms with Gasteiger partial charge in [-0.1, -0.05) is 23.2 Å². The Labute approximate surface area is 124 Å². The fraction of sp³-hybridized carbons (Fsp3) is 0.154. The molecule has 0 saturated heterocycles. The van der Waals surface area contributed by atoms with Gasteiger partial charge in [-0.25, -0.2) is 0 Å². The number of halogens is 2. The number of hydrogen-bond acceptors (Lipinski definition) is 3. The fourth-order valence-electron chi connectivity index (χ4n) is 2.21. The van der Waals surface area contributed by atoms with Gasteiger partial charge in [0, 0.05) is 41.1 Å². The number of anilines is 1. The van der Waals surface area contributed by atoms with E-state index in [2.05, 4.69) is 20.5 Å². The third-order valence-corrected chi connectivity index (χ3v) is 3.87. The van der Waals surface area contributed by atoms with E-state index in [-0.39, 0.29) is 6.61 Å². The number of nitrogens with one attached hydrogen (secondary N) is 3. The van der Waals surface area contributed by atoms with Gasteiger partial charge in [0.2, 0.25) is 0 Å². The van der Waals surface area contributed by atoms with Gasteiger partial charge in [0.25, 0.3) is 0 Å².